The van der Waals surface area contributed by atoms with Crippen LogP contribution in [0.4, 0.5) is 0 Å². The molecule has 1 fully saturated rings. The van der Waals surface area contributed by atoms with Gasteiger partial charge in [-0.05, 0) is 54.5 Å². The van der Waals surface area contributed by atoms with E-state index in [0.29, 0.717) is 16.7 Å². The van der Waals surface area contributed by atoms with Gasteiger partial charge in [-0.2, -0.15) is 0 Å². The Balaban J connectivity index is 2.12. The Morgan fingerprint density at radius 1 is 1.09 bits per heavy atom. The van der Waals surface area contributed by atoms with E-state index in [9.17, 15) is 19.2 Å². The maximum Gasteiger partial charge on any atom is 0.351 e. The average molecular weight is 443 g/mol. The molecule has 0 spiro atoms. The maximum atomic E-state index is 13.1. The summed E-state index contributed by atoms with van der Waals surface area (Å²) in [5, 5.41) is 0. The summed E-state index contributed by atoms with van der Waals surface area (Å²) in [5.41, 5.74) is 1.18. The van der Waals surface area contributed by atoms with E-state index in [-0.39, 0.29) is 12.2 Å². The quantitative estimate of drug-likeness (QED) is 0.373. The summed E-state index contributed by atoms with van der Waals surface area (Å²) < 4.78 is 17.4. The third-order valence-electron chi connectivity index (χ3n) is 6.83. The van der Waals surface area contributed by atoms with Crippen molar-refractivity contribution in [3.8, 4) is 0 Å². The van der Waals surface area contributed by atoms with Crippen LogP contribution in [-0.4, -0.2) is 41.5 Å². The van der Waals surface area contributed by atoms with Crippen molar-refractivity contribution in [2.75, 3.05) is 0 Å². The molecule has 5 unspecified atom stereocenters. The summed E-state index contributed by atoms with van der Waals surface area (Å²) in [7, 11) is 0. The molecule has 3 aliphatic rings. The lowest BCUT2D eigenvalue weighted by atomic mass is 9.77. The maximum absolute atomic E-state index is 13.1. The van der Waals surface area contributed by atoms with Crippen LogP contribution in [0.2, 0.25) is 0 Å². The third kappa shape index (κ3) is 3.74. The minimum Gasteiger partial charge on any atom is -0.458 e. The molecule has 3 rings (SSSR count). The second kappa shape index (κ2) is 8.52. The van der Waals surface area contributed by atoms with Crippen LogP contribution < -0.4 is 0 Å². The fourth-order valence-corrected chi connectivity index (χ4v) is 4.76. The Bertz CT molecular complexity index is 1010. The SMILES string of the molecule is CC=C(C)C(=O)OC1CC(C)=C2C(=O)C=C(C)C2C2OC(=O)C(C)(OC(=O)C(C)=CC)C12. The standard InChI is InChI=1S/C25H30O7/c1-8-12(3)22(27)30-17-11-15(6)18-16(26)10-14(5)19(18)21-20(17)25(7,24(29)31-21)32-23(28)13(4)9-2/h8-10,17,19-21H,11H2,1-7H3. The van der Waals surface area contributed by atoms with Gasteiger partial charge in [-0.15, -0.1) is 0 Å². The topological polar surface area (TPSA) is 96.0 Å². The fraction of sp³-hybridized carbons (Fsp3) is 0.520. The van der Waals surface area contributed by atoms with E-state index in [0.717, 1.165) is 11.1 Å². The zero-order valence-corrected chi connectivity index (χ0v) is 19.6. The largest absolute Gasteiger partial charge is 0.458 e. The van der Waals surface area contributed by atoms with Crippen molar-refractivity contribution in [1.29, 1.82) is 0 Å². The van der Waals surface area contributed by atoms with Gasteiger partial charge in [-0.3, -0.25) is 4.79 Å². The molecule has 2 aliphatic carbocycles. The molecule has 0 radical (unpaired) electrons. The second-order valence-corrected chi connectivity index (χ2v) is 8.91. The molecule has 7 nitrogen and oxygen atoms in total. The second-order valence-electron chi connectivity index (χ2n) is 8.91. The molecule has 0 N–H and O–H groups in total. The molecule has 0 bridgehead atoms. The first-order valence-corrected chi connectivity index (χ1v) is 10.8. The number of ether oxygens (including phenoxy) is 3. The van der Waals surface area contributed by atoms with Crippen LogP contribution in [0.25, 0.3) is 0 Å². The molecular weight excluding hydrogens is 412 g/mol. The summed E-state index contributed by atoms with van der Waals surface area (Å²) in [6.07, 6.45) is 3.39. The normalized spacial score (nSPS) is 32.7. The highest BCUT2D eigenvalue weighted by Crippen LogP contribution is 2.51. The summed E-state index contributed by atoms with van der Waals surface area (Å²) >= 11 is 0. The van der Waals surface area contributed by atoms with Crippen molar-refractivity contribution in [2.45, 2.75) is 72.7 Å². The van der Waals surface area contributed by atoms with Crippen LogP contribution >= 0.6 is 0 Å². The molecule has 32 heavy (non-hydrogen) atoms. The highest BCUT2D eigenvalue weighted by molar-refractivity contribution is 6.09. The molecule has 5 atom stereocenters. The predicted molar refractivity (Wildman–Crippen MR) is 116 cm³/mol. The van der Waals surface area contributed by atoms with Crippen molar-refractivity contribution < 1.29 is 33.4 Å². The van der Waals surface area contributed by atoms with E-state index in [2.05, 4.69) is 0 Å². The zero-order valence-electron chi connectivity index (χ0n) is 19.6. The van der Waals surface area contributed by atoms with Crippen molar-refractivity contribution in [3.63, 3.8) is 0 Å². The van der Waals surface area contributed by atoms with Crippen LogP contribution in [0, 0.1) is 11.8 Å². The number of carbonyl (C=O) groups is 4. The molecule has 0 aromatic rings. The Morgan fingerprint density at radius 3 is 2.28 bits per heavy atom. The number of hydrogen-bond donors (Lipinski definition) is 0. The lowest BCUT2D eigenvalue weighted by Gasteiger charge is -2.34. The van der Waals surface area contributed by atoms with Gasteiger partial charge in [-0.25, -0.2) is 14.4 Å². The summed E-state index contributed by atoms with van der Waals surface area (Å²) in [4.78, 5) is 51.1. The summed E-state index contributed by atoms with van der Waals surface area (Å²) in [6, 6.07) is 0. The number of ketones is 1. The van der Waals surface area contributed by atoms with E-state index in [4.69, 9.17) is 14.2 Å². The van der Waals surface area contributed by atoms with Gasteiger partial charge in [0.05, 0.1) is 5.92 Å². The van der Waals surface area contributed by atoms with Crippen molar-refractivity contribution in [1.82, 2.24) is 0 Å². The third-order valence-corrected chi connectivity index (χ3v) is 6.83. The first-order chi connectivity index (χ1) is 15.0. The molecular formula is C25H30O7. The Morgan fingerprint density at radius 2 is 1.69 bits per heavy atom. The van der Waals surface area contributed by atoms with Gasteiger partial charge >= 0.3 is 17.9 Å². The fourth-order valence-electron chi connectivity index (χ4n) is 4.76. The Kier molecular flexibility index (Phi) is 6.31. The van der Waals surface area contributed by atoms with E-state index in [1.165, 1.54) is 6.92 Å². The molecule has 0 amide bonds. The highest BCUT2D eigenvalue weighted by atomic mass is 16.6. The van der Waals surface area contributed by atoms with Gasteiger partial charge in [0.1, 0.15) is 12.2 Å². The lowest BCUT2D eigenvalue weighted by molar-refractivity contribution is -0.175. The summed E-state index contributed by atoms with van der Waals surface area (Å²) in [5.74, 6) is -3.27. The number of fused-ring (bicyclic) bond motifs is 3. The average Bonchev–Trinajstić information content (AvgIpc) is 3.12. The minimum absolute atomic E-state index is 0.133. The van der Waals surface area contributed by atoms with Crippen LogP contribution in [0.3, 0.4) is 0 Å². The molecule has 7 heteroatoms. The van der Waals surface area contributed by atoms with E-state index in [1.807, 2.05) is 13.8 Å². The first kappa shape index (κ1) is 23.7. The molecule has 1 saturated heterocycles. The van der Waals surface area contributed by atoms with E-state index < -0.39 is 47.6 Å². The van der Waals surface area contributed by atoms with Crippen LogP contribution in [0.15, 0.2) is 46.1 Å². The molecule has 1 aliphatic heterocycles. The lowest BCUT2D eigenvalue weighted by Crippen LogP contribution is -2.50. The number of hydrogen-bond acceptors (Lipinski definition) is 7. The van der Waals surface area contributed by atoms with Crippen molar-refractivity contribution in [3.05, 3.63) is 46.1 Å². The van der Waals surface area contributed by atoms with Gasteiger partial charge in [0.2, 0.25) is 5.60 Å². The van der Waals surface area contributed by atoms with Crippen LogP contribution in [-0.2, 0) is 33.4 Å². The monoisotopic (exact) mass is 442 g/mol. The Hall–Kier alpha value is -2.96. The molecule has 1 heterocycles. The van der Waals surface area contributed by atoms with Crippen LogP contribution in [0.5, 0.6) is 0 Å². The smallest absolute Gasteiger partial charge is 0.351 e. The number of carbonyl (C=O) groups excluding carboxylic acids is 4. The predicted octanol–water partition coefficient (Wildman–Crippen LogP) is 3.54. The molecule has 0 saturated carbocycles. The number of allylic oxidation sites excluding steroid dienone is 3. The molecule has 0 aromatic carbocycles. The zero-order chi connectivity index (χ0) is 24.0. The highest BCUT2D eigenvalue weighted by Gasteiger charge is 2.65. The van der Waals surface area contributed by atoms with Gasteiger partial charge < -0.3 is 14.2 Å². The van der Waals surface area contributed by atoms with Gasteiger partial charge in [0.15, 0.2) is 5.78 Å². The van der Waals surface area contributed by atoms with E-state index >= 15 is 0 Å². The van der Waals surface area contributed by atoms with Gasteiger partial charge in [0, 0.05) is 29.1 Å². The Labute approximate surface area is 188 Å². The summed E-state index contributed by atoms with van der Waals surface area (Å²) in [6.45, 7) is 11.8. The molecule has 0 aromatic heterocycles. The first-order valence-electron chi connectivity index (χ1n) is 10.8. The number of esters is 3. The van der Waals surface area contributed by atoms with Crippen molar-refractivity contribution in [2.24, 2.45) is 11.8 Å². The van der Waals surface area contributed by atoms with Gasteiger partial charge in [-0.1, -0.05) is 23.3 Å². The van der Waals surface area contributed by atoms with Crippen molar-refractivity contribution >= 4 is 23.7 Å². The van der Waals surface area contributed by atoms with Gasteiger partial charge in [0.25, 0.3) is 0 Å². The van der Waals surface area contributed by atoms with Crippen LogP contribution in [0.1, 0.15) is 54.9 Å². The van der Waals surface area contributed by atoms with E-state index in [1.54, 1.807) is 45.9 Å². The molecule has 172 valence electrons. The minimum atomic E-state index is -1.68. The number of rotatable bonds is 4.